The third-order valence-corrected chi connectivity index (χ3v) is 6.19. The van der Waals surface area contributed by atoms with Crippen LogP contribution in [0.15, 0.2) is 34.1 Å². The molecule has 0 radical (unpaired) electrons. The van der Waals surface area contributed by atoms with Crippen molar-refractivity contribution < 1.29 is 56.0 Å². The first kappa shape index (κ1) is 27.3. The molecule has 0 aliphatic rings. The van der Waals surface area contributed by atoms with Crippen molar-refractivity contribution in [1.82, 2.24) is 15.0 Å². The zero-order chi connectivity index (χ0) is 27.9. The number of carboxylic acids is 2. The average molecular weight is 578 g/mol. The van der Waals surface area contributed by atoms with Crippen LogP contribution in [0.3, 0.4) is 0 Å². The van der Waals surface area contributed by atoms with E-state index in [1.165, 1.54) is 0 Å². The SMILES string of the molecule is O=C(O)c1cc(Nc2nc(Cl)nc(Nc3cc(C(=O)O)c(O)c(S(=O)(=O)O)c3)n2)cc(S(=O)(=O)O)c1O. The summed E-state index contributed by atoms with van der Waals surface area (Å²) in [6.45, 7) is 0. The highest BCUT2D eigenvalue weighted by Crippen LogP contribution is 2.33. The maximum absolute atomic E-state index is 11.5. The second kappa shape index (κ2) is 9.63. The van der Waals surface area contributed by atoms with Gasteiger partial charge in [-0.1, -0.05) is 0 Å². The fourth-order valence-corrected chi connectivity index (χ4v) is 4.22. The number of hydrogen-bond acceptors (Lipinski definition) is 13. The molecule has 0 saturated carbocycles. The largest absolute Gasteiger partial charge is 0.506 e. The molecule has 1 heterocycles. The number of aromatic carboxylic acids is 2. The fourth-order valence-electron chi connectivity index (χ4n) is 2.80. The van der Waals surface area contributed by atoms with Crippen LogP contribution >= 0.6 is 11.6 Å². The van der Waals surface area contributed by atoms with E-state index in [4.69, 9.17) is 11.6 Å². The predicted octanol–water partition coefficient (Wildman–Crippen LogP) is 1.31. The van der Waals surface area contributed by atoms with Crippen LogP contribution in [0.5, 0.6) is 11.5 Å². The summed E-state index contributed by atoms with van der Waals surface area (Å²) < 4.78 is 64.7. The Bertz CT molecular complexity index is 1560. The van der Waals surface area contributed by atoms with Crippen LogP contribution in [0.25, 0.3) is 0 Å². The summed E-state index contributed by atoms with van der Waals surface area (Å²) >= 11 is 5.82. The van der Waals surface area contributed by atoms with Crippen molar-refractivity contribution in [2.24, 2.45) is 0 Å². The lowest BCUT2D eigenvalue weighted by atomic mass is 10.1. The van der Waals surface area contributed by atoms with E-state index in [0.717, 1.165) is 12.1 Å². The highest BCUT2D eigenvalue weighted by Gasteiger charge is 2.25. The number of rotatable bonds is 8. The van der Waals surface area contributed by atoms with Gasteiger partial charge in [0.25, 0.3) is 20.2 Å². The van der Waals surface area contributed by atoms with Crippen molar-refractivity contribution in [2.75, 3.05) is 10.6 Å². The smallest absolute Gasteiger partial charge is 0.339 e. The van der Waals surface area contributed by atoms with E-state index in [0.29, 0.717) is 12.1 Å². The molecule has 3 aromatic rings. The van der Waals surface area contributed by atoms with Gasteiger partial charge in [-0.05, 0) is 35.9 Å². The number of anilines is 4. The number of hydrogen-bond donors (Lipinski definition) is 8. The molecule has 0 atom stereocenters. The number of halogens is 1. The van der Waals surface area contributed by atoms with Crippen molar-refractivity contribution >= 4 is 67.0 Å². The van der Waals surface area contributed by atoms with Crippen molar-refractivity contribution in [2.45, 2.75) is 9.79 Å². The minimum Gasteiger partial charge on any atom is -0.506 e. The van der Waals surface area contributed by atoms with Gasteiger partial charge in [-0.2, -0.15) is 31.8 Å². The van der Waals surface area contributed by atoms with Gasteiger partial charge < -0.3 is 31.1 Å². The molecule has 37 heavy (non-hydrogen) atoms. The number of benzene rings is 2. The Kier molecular flexibility index (Phi) is 7.10. The number of nitrogens with one attached hydrogen (secondary N) is 2. The van der Waals surface area contributed by atoms with E-state index in [9.17, 15) is 56.0 Å². The highest BCUT2D eigenvalue weighted by molar-refractivity contribution is 7.86. The third-order valence-electron chi connectivity index (χ3n) is 4.29. The Morgan fingerprint density at radius 1 is 0.703 bits per heavy atom. The topological polar surface area (TPSA) is 287 Å². The van der Waals surface area contributed by atoms with Crippen LogP contribution in [0.1, 0.15) is 20.7 Å². The molecular weight excluding hydrogens is 566 g/mol. The molecule has 1 aromatic heterocycles. The first-order chi connectivity index (χ1) is 17.0. The number of aromatic nitrogens is 3. The van der Waals surface area contributed by atoms with Crippen molar-refractivity contribution in [3.63, 3.8) is 0 Å². The van der Waals surface area contributed by atoms with E-state index in [-0.39, 0.29) is 11.4 Å². The Morgan fingerprint density at radius 2 is 1.05 bits per heavy atom. The van der Waals surface area contributed by atoms with Crippen LogP contribution < -0.4 is 10.6 Å². The van der Waals surface area contributed by atoms with Gasteiger partial charge in [-0.25, -0.2) is 9.59 Å². The summed E-state index contributed by atoms with van der Waals surface area (Å²) in [5.74, 6) is -6.94. The first-order valence-electron chi connectivity index (χ1n) is 9.08. The third kappa shape index (κ3) is 6.10. The van der Waals surface area contributed by atoms with Gasteiger partial charge in [-0.15, -0.1) is 0 Å². The Hall–Kier alpha value is -4.30. The number of carboxylic acid groups (broad SMARTS) is 2. The molecule has 0 amide bonds. The second-order valence-electron chi connectivity index (χ2n) is 6.80. The normalized spacial score (nSPS) is 11.6. The number of aromatic hydroxyl groups is 2. The van der Waals surface area contributed by atoms with Gasteiger partial charge in [0.1, 0.15) is 20.9 Å². The molecule has 3 rings (SSSR count). The zero-order valence-corrected chi connectivity index (χ0v) is 19.9. The first-order valence-corrected chi connectivity index (χ1v) is 12.3. The fraction of sp³-hybridized carbons (Fsp3) is 0. The van der Waals surface area contributed by atoms with Gasteiger partial charge in [0, 0.05) is 11.4 Å². The van der Waals surface area contributed by atoms with Crippen LogP contribution in [-0.2, 0) is 20.2 Å². The lowest BCUT2D eigenvalue weighted by molar-refractivity contribution is 0.0682. The number of nitrogens with zero attached hydrogens (tertiary/aromatic N) is 3. The molecular formula is C17H12ClN5O12S2. The highest BCUT2D eigenvalue weighted by atomic mass is 35.5. The number of carbonyl (C=O) groups is 2. The van der Waals surface area contributed by atoms with E-state index < -0.39 is 81.8 Å². The molecule has 0 unspecified atom stereocenters. The molecule has 0 spiro atoms. The van der Waals surface area contributed by atoms with Crippen LogP contribution in [0.4, 0.5) is 23.3 Å². The zero-order valence-electron chi connectivity index (χ0n) is 17.5. The minimum atomic E-state index is -5.07. The maximum Gasteiger partial charge on any atom is 0.339 e. The molecule has 0 bridgehead atoms. The molecule has 0 saturated heterocycles. The standard InChI is InChI=1S/C17H12ClN5O12S2/c18-15-21-16(19-5-1-7(13(26)27)11(24)9(3-5)36(30,31)32)23-17(22-15)20-6-2-8(14(28)29)12(25)10(4-6)37(33,34)35/h1-4,24-25H,(H,26,27)(H,28,29)(H,30,31,32)(H,33,34,35)(H2,19,20,21,22,23). The lowest BCUT2D eigenvalue weighted by Crippen LogP contribution is -2.09. The summed E-state index contributed by atoms with van der Waals surface area (Å²) in [7, 11) is -10.1. The Balaban J connectivity index is 2.06. The maximum atomic E-state index is 11.5. The quantitative estimate of drug-likeness (QED) is 0.138. The summed E-state index contributed by atoms with van der Waals surface area (Å²) in [5.41, 5.74) is -2.55. The summed E-state index contributed by atoms with van der Waals surface area (Å²) in [4.78, 5) is 31.6. The van der Waals surface area contributed by atoms with E-state index in [2.05, 4.69) is 25.6 Å². The van der Waals surface area contributed by atoms with E-state index in [1.54, 1.807) is 0 Å². The summed E-state index contributed by atoms with van der Waals surface area (Å²) in [6, 6.07) is 2.85. The van der Waals surface area contributed by atoms with Gasteiger partial charge in [0.2, 0.25) is 17.2 Å². The lowest BCUT2D eigenvalue weighted by Gasteiger charge is -2.12. The van der Waals surface area contributed by atoms with E-state index in [1.807, 2.05) is 0 Å². The molecule has 8 N–H and O–H groups in total. The van der Waals surface area contributed by atoms with Crippen LogP contribution in [-0.4, -0.2) is 73.3 Å². The summed E-state index contributed by atoms with van der Waals surface area (Å²) in [5, 5.41) is 42.3. The molecule has 17 nitrogen and oxygen atoms in total. The Morgan fingerprint density at radius 3 is 1.35 bits per heavy atom. The minimum absolute atomic E-state index is 0.359. The molecule has 2 aromatic carbocycles. The molecule has 196 valence electrons. The van der Waals surface area contributed by atoms with Gasteiger partial charge in [0.15, 0.2) is 11.5 Å². The van der Waals surface area contributed by atoms with Gasteiger partial charge in [0.05, 0.1) is 0 Å². The Labute approximate surface area is 210 Å². The monoisotopic (exact) mass is 577 g/mol. The molecule has 0 aliphatic carbocycles. The predicted molar refractivity (Wildman–Crippen MR) is 121 cm³/mol. The molecule has 0 aliphatic heterocycles. The molecule has 20 heteroatoms. The second-order valence-corrected chi connectivity index (χ2v) is 9.92. The number of phenols is 2. The van der Waals surface area contributed by atoms with Crippen LogP contribution in [0, 0.1) is 0 Å². The van der Waals surface area contributed by atoms with Gasteiger partial charge >= 0.3 is 11.9 Å². The van der Waals surface area contributed by atoms with Crippen LogP contribution in [0.2, 0.25) is 5.28 Å². The van der Waals surface area contributed by atoms with Gasteiger partial charge in [-0.3, -0.25) is 9.11 Å². The van der Waals surface area contributed by atoms with Crippen molar-refractivity contribution in [1.29, 1.82) is 0 Å². The van der Waals surface area contributed by atoms with E-state index >= 15 is 0 Å². The van der Waals surface area contributed by atoms with Crippen molar-refractivity contribution in [3.8, 4) is 11.5 Å². The summed E-state index contributed by atoms with van der Waals surface area (Å²) in [6.07, 6.45) is 0. The average Bonchev–Trinajstić information content (AvgIpc) is 2.73. The van der Waals surface area contributed by atoms with Crippen molar-refractivity contribution in [3.05, 3.63) is 40.7 Å². The molecule has 0 fully saturated rings.